The lowest BCUT2D eigenvalue weighted by molar-refractivity contribution is -0.384. The Morgan fingerprint density at radius 3 is 2.76 bits per heavy atom. The quantitative estimate of drug-likeness (QED) is 0.439. The number of nitrogens with zero attached hydrogens (tertiary/aromatic N) is 1. The van der Waals surface area contributed by atoms with Crippen LogP contribution in [0.25, 0.3) is 0 Å². The number of methoxy groups -OCH3 is 2. The summed E-state index contributed by atoms with van der Waals surface area (Å²) in [6.07, 6.45) is 0.594. The van der Waals surface area contributed by atoms with Crippen molar-refractivity contribution in [1.82, 2.24) is 5.32 Å². The molecule has 0 bridgehead atoms. The molecule has 1 fully saturated rings. The fraction of sp³-hybridized carbons (Fsp3) is 0.500. The van der Waals surface area contributed by atoms with Crippen LogP contribution < -0.4 is 10.1 Å². The Labute approximate surface area is 144 Å². The highest BCUT2D eigenvalue weighted by Crippen LogP contribution is 2.25. The maximum atomic E-state index is 12.3. The fourth-order valence-electron chi connectivity index (χ4n) is 2.62. The number of hydrogen-bond donors (Lipinski definition) is 1. The number of hydrogen-bond acceptors (Lipinski definition) is 7. The van der Waals surface area contributed by atoms with Gasteiger partial charge in [0.15, 0.2) is 0 Å². The Balaban J connectivity index is 2.21. The van der Waals surface area contributed by atoms with Crippen LogP contribution in [0.2, 0.25) is 0 Å². The number of nitrogens with one attached hydrogen (secondary N) is 1. The molecular formula is C16H20N2O7. The standard InChI is InChI=1S/C16H20N2O7/c1-23-14-4-3-12(18(21)22)7-11(14)8-13(16(20)24-2)17-15(19)10-5-6-25-9-10/h3-4,7,10,13H,5-6,8-9H2,1-2H3,(H,17,19)/t10-,13-/m1/s1. The minimum atomic E-state index is -0.978. The van der Waals surface area contributed by atoms with Gasteiger partial charge >= 0.3 is 5.97 Å². The van der Waals surface area contributed by atoms with Crippen molar-refractivity contribution >= 4 is 17.6 Å². The molecule has 1 heterocycles. The van der Waals surface area contributed by atoms with E-state index in [4.69, 9.17) is 14.2 Å². The molecule has 0 spiro atoms. The first-order valence-corrected chi connectivity index (χ1v) is 7.73. The third-order valence-corrected chi connectivity index (χ3v) is 4.00. The van der Waals surface area contributed by atoms with Crippen LogP contribution in [0.15, 0.2) is 18.2 Å². The summed E-state index contributed by atoms with van der Waals surface area (Å²) < 4.78 is 15.1. The van der Waals surface area contributed by atoms with Crippen LogP contribution in [0.3, 0.4) is 0 Å². The minimum absolute atomic E-state index is 0.0108. The van der Waals surface area contributed by atoms with E-state index in [0.29, 0.717) is 30.9 Å². The third-order valence-electron chi connectivity index (χ3n) is 4.00. The fourth-order valence-corrected chi connectivity index (χ4v) is 2.62. The van der Waals surface area contributed by atoms with Crippen LogP contribution in [-0.4, -0.2) is 50.3 Å². The SMILES string of the molecule is COC(=O)[C@@H](Cc1cc([N+](=O)[O-])ccc1OC)NC(=O)[C@@H]1CCOC1. The van der Waals surface area contributed by atoms with E-state index in [2.05, 4.69) is 5.32 Å². The monoisotopic (exact) mass is 352 g/mol. The van der Waals surface area contributed by atoms with Gasteiger partial charge in [-0.1, -0.05) is 0 Å². The molecule has 25 heavy (non-hydrogen) atoms. The van der Waals surface area contributed by atoms with Crippen molar-refractivity contribution in [2.45, 2.75) is 18.9 Å². The number of carbonyl (C=O) groups excluding carboxylic acids is 2. The average molecular weight is 352 g/mol. The zero-order valence-electron chi connectivity index (χ0n) is 14.0. The highest BCUT2D eigenvalue weighted by atomic mass is 16.6. The van der Waals surface area contributed by atoms with Gasteiger partial charge in [0.25, 0.3) is 5.69 Å². The van der Waals surface area contributed by atoms with E-state index in [1.165, 1.54) is 32.4 Å². The third kappa shape index (κ3) is 4.66. The normalized spacial score (nSPS) is 17.6. The number of benzene rings is 1. The van der Waals surface area contributed by atoms with Crippen molar-refractivity contribution in [3.05, 3.63) is 33.9 Å². The molecule has 0 saturated carbocycles. The predicted octanol–water partition coefficient (Wildman–Crippen LogP) is 0.840. The molecule has 2 rings (SSSR count). The molecule has 2 atom stereocenters. The number of nitro benzene ring substituents is 1. The summed E-state index contributed by atoms with van der Waals surface area (Å²) in [5, 5.41) is 13.6. The van der Waals surface area contributed by atoms with Gasteiger partial charge < -0.3 is 19.5 Å². The van der Waals surface area contributed by atoms with E-state index in [-0.39, 0.29) is 23.9 Å². The Bertz CT molecular complexity index is 656. The van der Waals surface area contributed by atoms with Gasteiger partial charge in [0.1, 0.15) is 11.8 Å². The summed E-state index contributed by atoms with van der Waals surface area (Å²) in [6.45, 7) is 0.805. The van der Waals surface area contributed by atoms with Gasteiger partial charge in [-0.25, -0.2) is 4.79 Å². The smallest absolute Gasteiger partial charge is 0.328 e. The van der Waals surface area contributed by atoms with Gasteiger partial charge in [0, 0.05) is 30.7 Å². The maximum absolute atomic E-state index is 12.3. The molecule has 0 unspecified atom stereocenters. The second-order valence-corrected chi connectivity index (χ2v) is 5.60. The Morgan fingerprint density at radius 1 is 1.44 bits per heavy atom. The molecule has 1 amide bonds. The van der Waals surface area contributed by atoms with E-state index in [1.807, 2.05) is 0 Å². The zero-order valence-corrected chi connectivity index (χ0v) is 14.0. The summed E-state index contributed by atoms with van der Waals surface area (Å²) in [7, 11) is 2.64. The lowest BCUT2D eigenvalue weighted by Crippen LogP contribution is -2.45. The number of non-ortho nitro benzene ring substituents is 1. The molecule has 1 aromatic rings. The van der Waals surface area contributed by atoms with Crippen LogP contribution in [0, 0.1) is 16.0 Å². The molecule has 0 radical (unpaired) electrons. The second kappa shape index (κ2) is 8.43. The first kappa shape index (κ1) is 18.7. The number of nitro groups is 1. The largest absolute Gasteiger partial charge is 0.496 e. The maximum Gasteiger partial charge on any atom is 0.328 e. The molecule has 1 aliphatic heterocycles. The Morgan fingerprint density at radius 2 is 2.20 bits per heavy atom. The van der Waals surface area contributed by atoms with Crippen molar-refractivity contribution in [1.29, 1.82) is 0 Å². The van der Waals surface area contributed by atoms with E-state index < -0.39 is 16.9 Å². The molecule has 0 aromatic heterocycles. The number of esters is 1. The molecule has 1 aliphatic rings. The summed E-state index contributed by atoms with van der Waals surface area (Å²) in [5.74, 6) is -0.879. The molecule has 136 valence electrons. The number of carbonyl (C=O) groups is 2. The molecule has 9 heteroatoms. The predicted molar refractivity (Wildman–Crippen MR) is 86.2 cm³/mol. The van der Waals surface area contributed by atoms with Crippen molar-refractivity contribution in [3.63, 3.8) is 0 Å². The molecule has 1 aromatic carbocycles. The van der Waals surface area contributed by atoms with Crippen molar-refractivity contribution in [2.24, 2.45) is 5.92 Å². The van der Waals surface area contributed by atoms with Crippen LogP contribution >= 0.6 is 0 Å². The molecule has 9 nitrogen and oxygen atoms in total. The average Bonchev–Trinajstić information content (AvgIpc) is 3.15. The number of rotatable bonds is 7. The van der Waals surface area contributed by atoms with E-state index in [0.717, 1.165) is 0 Å². The van der Waals surface area contributed by atoms with Gasteiger partial charge in [-0.2, -0.15) is 0 Å². The Hall–Kier alpha value is -2.68. The van der Waals surface area contributed by atoms with Crippen LogP contribution in [0.4, 0.5) is 5.69 Å². The minimum Gasteiger partial charge on any atom is -0.496 e. The molecular weight excluding hydrogens is 332 g/mol. The van der Waals surface area contributed by atoms with Gasteiger partial charge in [-0.3, -0.25) is 14.9 Å². The van der Waals surface area contributed by atoms with Crippen LogP contribution in [-0.2, 0) is 25.5 Å². The highest BCUT2D eigenvalue weighted by molar-refractivity contribution is 5.86. The van der Waals surface area contributed by atoms with Crippen molar-refractivity contribution < 1.29 is 28.7 Å². The summed E-state index contributed by atoms with van der Waals surface area (Å²) in [4.78, 5) is 34.7. The van der Waals surface area contributed by atoms with E-state index in [1.54, 1.807) is 0 Å². The highest BCUT2D eigenvalue weighted by Gasteiger charge is 2.29. The van der Waals surface area contributed by atoms with Crippen LogP contribution in [0.1, 0.15) is 12.0 Å². The second-order valence-electron chi connectivity index (χ2n) is 5.60. The van der Waals surface area contributed by atoms with Gasteiger partial charge in [-0.15, -0.1) is 0 Å². The van der Waals surface area contributed by atoms with E-state index >= 15 is 0 Å². The lowest BCUT2D eigenvalue weighted by atomic mass is 10.0. The van der Waals surface area contributed by atoms with Crippen LogP contribution in [0.5, 0.6) is 5.75 Å². The molecule has 0 aliphatic carbocycles. The summed E-state index contributed by atoms with van der Waals surface area (Å²) >= 11 is 0. The zero-order chi connectivity index (χ0) is 18.4. The number of ether oxygens (including phenoxy) is 3. The number of amides is 1. The summed E-state index contributed by atoms with van der Waals surface area (Å²) in [6, 6.07) is 3.10. The molecule has 1 N–H and O–H groups in total. The first-order chi connectivity index (χ1) is 12.0. The molecule has 1 saturated heterocycles. The van der Waals surface area contributed by atoms with Gasteiger partial charge in [0.05, 0.1) is 31.7 Å². The van der Waals surface area contributed by atoms with Gasteiger partial charge in [-0.05, 0) is 12.5 Å². The first-order valence-electron chi connectivity index (χ1n) is 7.73. The van der Waals surface area contributed by atoms with Crippen molar-refractivity contribution in [3.8, 4) is 5.75 Å². The lowest BCUT2D eigenvalue weighted by Gasteiger charge is -2.19. The summed E-state index contributed by atoms with van der Waals surface area (Å²) in [5.41, 5.74) is 0.296. The van der Waals surface area contributed by atoms with Crippen molar-refractivity contribution in [2.75, 3.05) is 27.4 Å². The van der Waals surface area contributed by atoms with E-state index in [9.17, 15) is 19.7 Å². The van der Waals surface area contributed by atoms with Gasteiger partial charge in [0.2, 0.25) is 5.91 Å². The topological polar surface area (TPSA) is 117 Å². The Kier molecular flexibility index (Phi) is 6.29.